The van der Waals surface area contributed by atoms with Gasteiger partial charge in [-0.15, -0.1) is 0 Å². The van der Waals surface area contributed by atoms with Gasteiger partial charge in [-0.2, -0.15) is 4.72 Å². The number of ether oxygens (including phenoxy) is 1. The fourth-order valence-electron chi connectivity index (χ4n) is 3.37. The number of halogens is 1. The normalized spacial score (nSPS) is 12.0. The highest BCUT2D eigenvalue weighted by molar-refractivity contribution is 7.89. The lowest BCUT2D eigenvalue weighted by molar-refractivity contribution is -0.117. The minimum absolute atomic E-state index is 0.127. The molecular weight excluding hydrogens is 467 g/mol. The number of carbonyl (C=O) groups is 1. The lowest BCUT2D eigenvalue weighted by Crippen LogP contribution is -2.45. The van der Waals surface area contributed by atoms with E-state index in [-0.39, 0.29) is 11.3 Å². The molecule has 0 saturated carbocycles. The van der Waals surface area contributed by atoms with Gasteiger partial charge in [0.15, 0.2) is 0 Å². The van der Waals surface area contributed by atoms with Crippen molar-refractivity contribution in [3.8, 4) is 11.5 Å². The maximum Gasteiger partial charge on any atom is 0.242 e. The van der Waals surface area contributed by atoms with Crippen LogP contribution in [-0.4, -0.2) is 20.4 Å². The fraction of sp³-hybridized carbons (Fsp3) is 0.0741. The highest BCUT2D eigenvalue weighted by atomic mass is 32.2. The van der Waals surface area contributed by atoms with E-state index in [0.717, 1.165) is 29.8 Å². The summed E-state index contributed by atoms with van der Waals surface area (Å²) in [6, 6.07) is 28.4. The van der Waals surface area contributed by atoms with Crippen LogP contribution >= 0.6 is 0 Å². The number of hydrogen-bond acceptors (Lipinski definition) is 4. The van der Waals surface area contributed by atoms with Gasteiger partial charge in [0.25, 0.3) is 0 Å². The molecule has 2 N–H and O–H groups in total. The predicted molar refractivity (Wildman–Crippen MR) is 132 cm³/mol. The molecule has 6 nitrogen and oxygen atoms in total. The first-order valence-electron chi connectivity index (χ1n) is 10.8. The van der Waals surface area contributed by atoms with E-state index in [4.69, 9.17) is 4.74 Å². The minimum Gasteiger partial charge on any atom is -0.457 e. The predicted octanol–water partition coefficient (Wildman–Crippen LogP) is 5.15. The minimum atomic E-state index is -4.07. The van der Waals surface area contributed by atoms with E-state index >= 15 is 0 Å². The average Bonchev–Trinajstić information content (AvgIpc) is 2.86. The fourth-order valence-corrected chi connectivity index (χ4v) is 4.56. The van der Waals surface area contributed by atoms with Crippen LogP contribution in [0.15, 0.2) is 114 Å². The van der Waals surface area contributed by atoms with Gasteiger partial charge in [0.2, 0.25) is 15.9 Å². The summed E-state index contributed by atoms with van der Waals surface area (Å²) in [5.74, 6) is 0.188. The van der Waals surface area contributed by atoms with E-state index in [0.29, 0.717) is 17.2 Å². The number of amides is 1. The van der Waals surface area contributed by atoms with Crippen LogP contribution in [-0.2, 0) is 21.2 Å². The van der Waals surface area contributed by atoms with Gasteiger partial charge in [0, 0.05) is 5.69 Å². The summed E-state index contributed by atoms with van der Waals surface area (Å²) in [6.07, 6.45) is 0.127. The van der Waals surface area contributed by atoms with Crippen molar-refractivity contribution in [2.24, 2.45) is 0 Å². The van der Waals surface area contributed by atoms with Crippen LogP contribution < -0.4 is 14.8 Å². The molecule has 4 rings (SSSR count). The van der Waals surface area contributed by atoms with Crippen LogP contribution in [0.1, 0.15) is 5.56 Å². The number of rotatable bonds is 9. The zero-order chi connectivity index (χ0) is 24.7. The lowest BCUT2D eigenvalue weighted by Gasteiger charge is -2.19. The molecule has 178 valence electrons. The third kappa shape index (κ3) is 6.75. The van der Waals surface area contributed by atoms with Gasteiger partial charge in [0.1, 0.15) is 23.4 Å². The Kier molecular flexibility index (Phi) is 7.54. The van der Waals surface area contributed by atoms with Crippen molar-refractivity contribution in [3.05, 3.63) is 121 Å². The van der Waals surface area contributed by atoms with E-state index in [1.165, 1.54) is 0 Å². The summed E-state index contributed by atoms with van der Waals surface area (Å²) in [7, 11) is -4.07. The Morgan fingerprint density at radius 2 is 1.34 bits per heavy atom. The molecule has 0 aliphatic heterocycles. The Labute approximate surface area is 203 Å². The smallest absolute Gasteiger partial charge is 0.242 e. The Balaban J connectivity index is 1.50. The highest BCUT2D eigenvalue weighted by Crippen LogP contribution is 2.23. The topological polar surface area (TPSA) is 84.5 Å². The zero-order valence-corrected chi connectivity index (χ0v) is 19.4. The SMILES string of the molecule is O=C(Nc1ccc(Oc2ccccc2)cc1)C(Cc1ccccc1)NS(=O)(=O)c1ccc(F)cc1. The van der Waals surface area contributed by atoms with Crippen LogP contribution in [0, 0.1) is 5.82 Å². The zero-order valence-electron chi connectivity index (χ0n) is 18.6. The molecule has 0 heterocycles. The second-order valence-corrected chi connectivity index (χ2v) is 9.46. The number of sulfonamides is 1. The molecule has 4 aromatic rings. The molecule has 0 fully saturated rings. The Morgan fingerprint density at radius 3 is 1.97 bits per heavy atom. The van der Waals surface area contributed by atoms with Gasteiger partial charge in [-0.1, -0.05) is 48.5 Å². The van der Waals surface area contributed by atoms with Crippen LogP contribution in [0.4, 0.5) is 10.1 Å². The van der Waals surface area contributed by atoms with Crippen molar-refractivity contribution in [2.45, 2.75) is 17.4 Å². The van der Waals surface area contributed by atoms with Crippen molar-refractivity contribution >= 4 is 21.6 Å². The number of carbonyl (C=O) groups excluding carboxylic acids is 1. The van der Waals surface area contributed by atoms with Crippen LogP contribution in [0.5, 0.6) is 11.5 Å². The summed E-state index contributed by atoms with van der Waals surface area (Å²) in [6.45, 7) is 0. The van der Waals surface area contributed by atoms with E-state index in [1.54, 1.807) is 24.3 Å². The monoisotopic (exact) mass is 490 g/mol. The van der Waals surface area contributed by atoms with Crippen LogP contribution in [0.25, 0.3) is 0 Å². The molecule has 35 heavy (non-hydrogen) atoms. The second-order valence-electron chi connectivity index (χ2n) is 7.75. The molecule has 0 aromatic heterocycles. The van der Waals surface area contributed by atoms with Crippen LogP contribution in [0.2, 0.25) is 0 Å². The Morgan fingerprint density at radius 1 is 0.771 bits per heavy atom. The number of para-hydroxylation sites is 1. The van der Waals surface area contributed by atoms with Gasteiger partial charge in [-0.25, -0.2) is 12.8 Å². The molecule has 0 radical (unpaired) electrons. The third-order valence-electron chi connectivity index (χ3n) is 5.12. The number of anilines is 1. The second kappa shape index (κ2) is 10.9. The number of benzene rings is 4. The molecule has 1 unspecified atom stereocenters. The summed E-state index contributed by atoms with van der Waals surface area (Å²) >= 11 is 0. The largest absolute Gasteiger partial charge is 0.457 e. The molecule has 0 aliphatic rings. The summed E-state index contributed by atoms with van der Waals surface area (Å²) in [4.78, 5) is 13.0. The Bertz CT molecular complexity index is 1360. The molecule has 1 amide bonds. The molecule has 0 aliphatic carbocycles. The number of nitrogens with one attached hydrogen (secondary N) is 2. The van der Waals surface area contributed by atoms with E-state index in [1.807, 2.05) is 60.7 Å². The molecule has 0 saturated heterocycles. The van der Waals surface area contributed by atoms with Crippen molar-refractivity contribution < 1.29 is 22.3 Å². The number of hydrogen-bond donors (Lipinski definition) is 2. The first kappa shape index (κ1) is 24.1. The summed E-state index contributed by atoms with van der Waals surface area (Å²) < 4.78 is 47.2. The summed E-state index contributed by atoms with van der Waals surface area (Å²) in [5, 5.41) is 2.76. The van der Waals surface area contributed by atoms with E-state index in [2.05, 4.69) is 10.0 Å². The maximum absolute atomic E-state index is 13.3. The van der Waals surface area contributed by atoms with Crippen molar-refractivity contribution in [2.75, 3.05) is 5.32 Å². The van der Waals surface area contributed by atoms with Gasteiger partial charge in [-0.3, -0.25) is 4.79 Å². The molecule has 8 heteroatoms. The average molecular weight is 491 g/mol. The first-order valence-corrected chi connectivity index (χ1v) is 12.3. The molecule has 0 spiro atoms. The molecule has 0 bridgehead atoms. The van der Waals surface area contributed by atoms with Crippen molar-refractivity contribution in [3.63, 3.8) is 0 Å². The third-order valence-corrected chi connectivity index (χ3v) is 6.61. The standard InChI is InChI=1S/C27H23FN2O4S/c28-21-11-17-25(18-12-21)35(32,33)30-26(19-20-7-3-1-4-8-20)27(31)29-22-13-15-24(16-14-22)34-23-9-5-2-6-10-23/h1-18,26,30H,19H2,(H,29,31). The van der Waals surface area contributed by atoms with Crippen molar-refractivity contribution in [1.29, 1.82) is 0 Å². The molecule has 1 atom stereocenters. The molecular formula is C27H23FN2O4S. The molecule has 4 aromatic carbocycles. The van der Waals surface area contributed by atoms with E-state index < -0.39 is 27.8 Å². The van der Waals surface area contributed by atoms with Crippen molar-refractivity contribution in [1.82, 2.24) is 4.72 Å². The lowest BCUT2D eigenvalue weighted by atomic mass is 10.1. The Hall–Kier alpha value is -4.01. The van der Waals surface area contributed by atoms with Gasteiger partial charge in [0.05, 0.1) is 4.90 Å². The maximum atomic E-state index is 13.3. The quantitative estimate of drug-likeness (QED) is 0.340. The highest BCUT2D eigenvalue weighted by Gasteiger charge is 2.26. The first-order chi connectivity index (χ1) is 16.9. The summed E-state index contributed by atoms with van der Waals surface area (Å²) in [5.41, 5.74) is 1.26. The van der Waals surface area contributed by atoms with Gasteiger partial charge < -0.3 is 10.1 Å². The van der Waals surface area contributed by atoms with Gasteiger partial charge in [-0.05, 0) is 72.6 Å². The van der Waals surface area contributed by atoms with E-state index in [9.17, 15) is 17.6 Å². The van der Waals surface area contributed by atoms with Crippen LogP contribution in [0.3, 0.4) is 0 Å². The van der Waals surface area contributed by atoms with Gasteiger partial charge >= 0.3 is 0 Å².